The van der Waals surface area contributed by atoms with Gasteiger partial charge < -0.3 is 4.74 Å². The molecule has 0 atom stereocenters. The van der Waals surface area contributed by atoms with Gasteiger partial charge in [0.25, 0.3) is 0 Å². The van der Waals surface area contributed by atoms with Gasteiger partial charge in [0.2, 0.25) is 0 Å². The molecule has 1 nitrogen and oxygen atoms in total. The minimum Gasteiger partial charge on any atom is -0.377 e. The number of fused-ring (bicyclic) bond motifs is 1. The quantitative estimate of drug-likeness (QED) is 0.526. The molecule has 0 fully saturated rings. The topological polar surface area (TPSA) is 9.23 Å². The molecule has 0 aliphatic carbocycles. The maximum absolute atomic E-state index is 5.62. The zero-order valence-corrected chi connectivity index (χ0v) is 10.1. The van der Waals surface area contributed by atoms with Gasteiger partial charge in [-0.05, 0) is 35.2 Å². The third-order valence-corrected chi connectivity index (χ3v) is 2.78. The number of rotatable bonds is 6. The molecule has 1 heteroatoms. The van der Waals surface area contributed by atoms with Gasteiger partial charge in [0, 0.05) is 6.61 Å². The third kappa shape index (κ3) is 3.43. The van der Waals surface area contributed by atoms with Crippen molar-refractivity contribution in [1.82, 2.24) is 0 Å². The molecule has 0 bridgehead atoms. The van der Waals surface area contributed by atoms with E-state index in [0.717, 1.165) is 19.4 Å². The van der Waals surface area contributed by atoms with Crippen LogP contribution in [0.1, 0.15) is 18.4 Å². The first-order valence-electron chi connectivity index (χ1n) is 6.06. The second-order valence-electron chi connectivity index (χ2n) is 4.16. The molecule has 88 valence electrons. The van der Waals surface area contributed by atoms with Crippen molar-refractivity contribution in [2.75, 3.05) is 6.61 Å². The number of benzene rings is 2. The highest BCUT2D eigenvalue weighted by atomic mass is 16.5. The molecule has 0 saturated heterocycles. The Morgan fingerprint density at radius 1 is 1.06 bits per heavy atom. The van der Waals surface area contributed by atoms with Crippen molar-refractivity contribution in [3.63, 3.8) is 0 Å². The minimum absolute atomic E-state index is 0.696. The summed E-state index contributed by atoms with van der Waals surface area (Å²) in [5.41, 5.74) is 1.24. The van der Waals surface area contributed by atoms with Gasteiger partial charge in [-0.25, -0.2) is 0 Å². The number of unbranched alkanes of at least 4 members (excludes halogenated alkanes) is 1. The highest BCUT2D eigenvalue weighted by Crippen LogP contribution is 2.16. The molecule has 2 rings (SSSR count). The summed E-state index contributed by atoms with van der Waals surface area (Å²) < 4.78 is 5.62. The smallest absolute Gasteiger partial charge is 0.0717 e. The molecule has 0 N–H and O–H groups in total. The van der Waals surface area contributed by atoms with Gasteiger partial charge in [-0.15, -0.1) is 6.58 Å². The maximum Gasteiger partial charge on any atom is 0.0717 e. The Morgan fingerprint density at radius 3 is 2.71 bits per heavy atom. The van der Waals surface area contributed by atoms with Crippen LogP contribution in [0.3, 0.4) is 0 Å². The van der Waals surface area contributed by atoms with Gasteiger partial charge in [0.05, 0.1) is 6.61 Å². The molecule has 0 amide bonds. The zero-order valence-electron chi connectivity index (χ0n) is 10.1. The summed E-state index contributed by atoms with van der Waals surface area (Å²) in [7, 11) is 0. The zero-order chi connectivity index (χ0) is 11.9. The van der Waals surface area contributed by atoms with Gasteiger partial charge in [-0.1, -0.05) is 42.5 Å². The fourth-order valence-electron chi connectivity index (χ4n) is 1.85. The third-order valence-electron chi connectivity index (χ3n) is 2.78. The number of hydrogen-bond acceptors (Lipinski definition) is 1. The van der Waals surface area contributed by atoms with E-state index < -0.39 is 0 Å². The van der Waals surface area contributed by atoms with E-state index in [-0.39, 0.29) is 0 Å². The lowest BCUT2D eigenvalue weighted by atomic mass is 10.1. The van der Waals surface area contributed by atoms with Crippen molar-refractivity contribution in [2.24, 2.45) is 0 Å². The van der Waals surface area contributed by atoms with Gasteiger partial charge in [-0.3, -0.25) is 0 Å². The lowest BCUT2D eigenvalue weighted by Gasteiger charge is -2.05. The van der Waals surface area contributed by atoms with Crippen molar-refractivity contribution in [1.29, 1.82) is 0 Å². The van der Waals surface area contributed by atoms with E-state index in [2.05, 4.69) is 49.0 Å². The van der Waals surface area contributed by atoms with E-state index >= 15 is 0 Å². The predicted octanol–water partition coefficient (Wildman–Crippen LogP) is 4.32. The van der Waals surface area contributed by atoms with Gasteiger partial charge in [0.1, 0.15) is 0 Å². The van der Waals surface area contributed by atoms with E-state index in [0.29, 0.717) is 6.61 Å². The van der Waals surface area contributed by atoms with Crippen LogP contribution in [0.4, 0.5) is 0 Å². The first-order chi connectivity index (χ1) is 8.40. The summed E-state index contributed by atoms with van der Waals surface area (Å²) in [6.45, 7) is 5.20. The first kappa shape index (κ1) is 11.9. The van der Waals surface area contributed by atoms with Crippen LogP contribution in [-0.4, -0.2) is 6.61 Å². The van der Waals surface area contributed by atoms with Crippen molar-refractivity contribution in [3.8, 4) is 0 Å². The molecule has 0 aliphatic rings. The average molecular weight is 226 g/mol. The van der Waals surface area contributed by atoms with E-state index in [9.17, 15) is 0 Å². The molecule has 17 heavy (non-hydrogen) atoms. The van der Waals surface area contributed by atoms with E-state index in [1.807, 2.05) is 6.08 Å². The monoisotopic (exact) mass is 226 g/mol. The summed E-state index contributed by atoms with van der Waals surface area (Å²) >= 11 is 0. The van der Waals surface area contributed by atoms with Crippen molar-refractivity contribution in [2.45, 2.75) is 19.4 Å². The summed E-state index contributed by atoms with van der Waals surface area (Å²) in [6.07, 6.45) is 4.01. The van der Waals surface area contributed by atoms with E-state index in [1.165, 1.54) is 16.3 Å². The molecular formula is C16H18O. The Bertz CT molecular complexity index is 488. The van der Waals surface area contributed by atoms with Gasteiger partial charge in [-0.2, -0.15) is 0 Å². The second kappa shape index (κ2) is 6.21. The average Bonchev–Trinajstić information content (AvgIpc) is 2.38. The number of hydrogen-bond donors (Lipinski definition) is 0. The Morgan fingerprint density at radius 2 is 1.88 bits per heavy atom. The Kier molecular flexibility index (Phi) is 4.34. The van der Waals surface area contributed by atoms with Crippen LogP contribution in [0, 0.1) is 0 Å². The Hall–Kier alpha value is -1.60. The van der Waals surface area contributed by atoms with Gasteiger partial charge in [0.15, 0.2) is 0 Å². The molecular weight excluding hydrogens is 208 g/mol. The molecule has 0 aromatic heterocycles. The molecule has 0 heterocycles. The fourth-order valence-corrected chi connectivity index (χ4v) is 1.85. The molecule has 2 aromatic rings. The standard InChI is InChI=1S/C16H18O/c1-2-3-6-11-17-13-14-9-10-15-7-4-5-8-16(15)12-14/h2,4-5,7-10,12H,1,3,6,11,13H2. The second-order valence-corrected chi connectivity index (χ2v) is 4.16. The largest absolute Gasteiger partial charge is 0.377 e. The predicted molar refractivity (Wildman–Crippen MR) is 73.0 cm³/mol. The van der Waals surface area contributed by atoms with Crippen LogP contribution in [0.5, 0.6) is 0 Å². The fraction of sp³-hybridized carbons (Fsp3) is 0.250. The molecule has 0 radical (unpaired) electrons. The van der Waals surface area contributed by atoms with Crippen LogP contribution < -0.4 is 0 Å². The van der Waals surface area contributed by atoms with Crippen LogP contribution in [-0.2, 0) is 11.3 Å². The highest BCUT2D eigenvalue weighted by molar-refractivity contribution is 5.82. The summed E-state index contributed by atoms with van der Waals surface area (Å²) in [5.74, 6) is 0. The molecule has 0 saturated carbocycles. The lowest BCUT2D eigenvalue weighted by molar-refractivity contribution is 0.119. The molecule has 0 aliphatic heterocycles. The van der Waals surface area contributed by atoms with Crippen molar-refractivity contribution >= 4 is 10.8 Å². The number of allylic oxidation sites excluding steroid dienone is 1. The van der Waals surface area contributed by atoms with Crippen molar-refractivity contribution < 1.29 is 4.74 Å². The lowest BCUT2D eigenvalue weighted by Crippen LogP contribution is -1.95. The minimum atomic E-state index is 0.696. The van der Waals surface area contributed by atoms with Gasteiger partial charge >= 0.3 is 0 Å². The highest BCUT2D eigenvalue weighted by Gasteiger charge is 1.96. The number of ether oxygens (including phenoxy) is 1. The Balaban J connectivity index is 1.92. The van der Waals surface area contributed by atoms with Crippen LogP contribution >= 0.6 is 0 Å². The molecule has 0 unspecified atom stereocenters. The SMILES string of the molecule is C=CCCCOCc1ccc2ccccc2c1. The first-order valence-corrected chi connectivity index (χ1v) is 6.06. The van der Waals surface area contributed by atoms with E-state index in [4.69, 9.17) is 4.74 Å². The normalized spacial score (nSPS) is 10.6. The van der Waals surface area contributed by atoms with Crippen LogP contribution in [0.15, 0.2) is 55.1 Å². The summed E-state index contributed by atoms with van der Waals surface area (Å²) in [5, 5.41) is 2.56. The maximum atomic E-state index is 5.62. The molecule has 0 spiro atoms. The van der Waals surface area contributed by atoms with E-state index in [1.54, 1.807) is 0 Å². The Labute approximate surface area is 103 Å². The summed E-state index contributed by atoms with van der Waals surface area (Å²) in [6, 6.07) is 14.9. The van der Waals surface area contributed by atoms with Crippen LogP contribution in [0.2, 0.25) is 0 Å². The molecule has 2 aromatic carbocycles. The van der Waals surface area contributed by atoms with Crippen molar-refractivity contribution in [3.05, 3.63) is 60.7 Å². The summed E-state index contributed by atoms with van der Waals surface area (Å²) in [4.78, 5) is 0. The van der Waals surface area contributed by atoms with Crippen LogP contribution in [0.25, 0.3) is 10.8 Å².